The van der Waals surface area contributed by atoms with Crippen LogP contribution >= 0.6 is 0 Å². The van der Waals surface area contributed by atoms with Gasteiger partial charge in [-0.3, -0.25) is 0 Å². The smallest absolute Gasteiger partial charge is 0.239 e. The minimum absolute atomic E-state index is 0.00429. The number of hydrogen-bond donors (Lipinski definition) is 2. The van der Waals surface area contributed by atoms with E-state index in [0.717, 1.165) is 10.6 Å². The van der Waals surface area contributed by atoms with Crippen LogP contribution in [0.15, 0.2) is 30.3 Å². The van der Waals surface area contributed by atoms with E-state index in [0.29, 0.717) is 28.9 Å². The molecule has 0 saturated carbocycles. The molecule has 2 rings (SSSR count). The van der Waals surface area contributed by atoms with Gasteiger partial charge in [0, 0.05) is 24.6 Å². The van der Waals surface area contributed by atoms with Gasteiger partial charge in [0.25, 0.3) is 0 Å². The highest BCUT2D eigenvalue weighted by molar-refractivity contribution is 7.92. The van der Waals surface area contributed by atoms with Gasteiger partial charge in [-0.1, -0.05) is 32.9 Å². The first kappa shape index (κ1) is 24.9. The average Bonchev–Trinajstić information content (AvgIpc) is 2.70. The van der Waals surface area contributed by atoms with Crippen LogP contribution in [0.1, 0.15) is 50.8 Å². The largest absolute Gasteiger partial charge is 0.393 e. The molecule has 0 radical (unpaired) electrons. The molecule has 0 bridgehead atoms. The lowest BCUT2D eigenvalue weighted by Gasteiger charge is -2.20. The van der Waals surface area contributed by atoms with Gasteiger partial charge in [0.05, 0.1) is 29.9 Å². The molecule has 7 nitrogen and oxygen atoms in total. The normalized spacial score (nSPS) is 14.2. The van der Waals surface area contributed by atoms with Crippen molar-refractivity contribution < 1.29 is 23.0 Å². The van der Waals surface area contributed by atoms with Crippen molar-refractivity contribution in [1.82, 2.24) is 9.97 Å². The highest BCUT2D eigenvalue weighted by atomic mass is 32.2. The van der Waals surface area contributed by atoms with Crippen LogP contribution in [0.3, 0.4) is 0 Å². The van der Waals surface area contributed by atoms with Crippen molar-refractivity contribution in [3.05, 3.63) is 47.4 Å². The molecule has 2 aromatic rings. The van der Waals surface area contributed by atoms with Crippen molar-refractivity contribution >= 4 is 22.0 Å². The van der Waals surface area contributed by atoms with Gasteiger partial charge < -0.3 is 10.2 Å². The molecule has 0 aliphatic heterocycles. The highest BCUT2D eigenvalue weighted by Gasteiger charge is 2.22. The summed E-state index contributed by atoms with van der Waals surface area (Å²) in [7, 11) is -2.23. The molecule has 170 valence electrons. The van der Waals surface area contributed by atoms with E-state index in [-0.39, 0.29) is 18.3 Å². The summed E-state index contributed by atoms with van der Waals surface area (Å²) in [6, 6.07) is 5.71. The summed E-state index contributed by atoms with van der Waals surface area (Å²) >= 11 is 0. The van der Waals surface area contributed by atoms with Crippen LogP contribution in [-0.2, 0) is 10.0 Å². The molecule has 1 heterocycles. The number of hydrogen-bond acceptors (Lipinski definition) is 6. The van der Waals surface area contributed by atoms with E-state index >= 15 is 0 Å². The summed E-state index contributed by atoms with van der Waals surface area (Å²) in [6.45, 7) is 5.65. The van der Waals surface area contributed by atoms with Gasteiger partial charge in [-0.2, -0.15) is 0 Å². The van der Waals surface area contributed by atoms with Crippen molar-refractivity contribution in [2.75, 3.05) is 17.6 Å². The first-order chi connectivity index (χ1) is 14.4. The van der Waals surface area contributed by atoms with Crippen molar-refractivity contribution in [1.29, 1.82) is 0 Å². The Morgan fingerprint density at radius 1 is 1.16 bits per heavy atom. The molecule has 0 aliphatic carbocycles. The summed E-state index contributed by atoms with van der Waals surface area (Å²) in [6.07, 6.45) is 3.50. The molecule has 0 fully saturated rings. The molecule has 31 heavy (non-hydrogen) atoms. The monoisotopic (exact) mass is 451 g/mol. The Morgan fingerprint density at radius 2 is 1.77 bits per heavy atom. The lowest BCUT2D eigenvalue weighted by molar-refractivity contribution is 0.102. The van der Waals surface area contributed by atoms with Crippen LogP contribution in [0.25, 0.3) is 17.3 Å². The lowest BCUT2D eigenvalue weighted by Crippen LogP contribution is -2.27. The van der Waals surface area contributed by atoms with E-state index in [1.807, 2.05) is 20.8 Å². The lowest BCUT2D eigenvalue weighted by atomic mass is 9.97. The molecule has 1 aromatic carbocycles. The molecule has 9 heteroatoms. The zero-order valence-corrected chi connectivity index (χ0v) is 19.3. The van der Waals surface area contributed by atoms with Gasteiger partial charge in [-0.25, -0.2) is 27.1 Å². The second-order valence-electron chi connectivity index (χ2n) is 7.79. The zero-order chi connectivity index (χ0) is 23.3. The van der Waals surface area contributed by atoms with E-state index in [1.165, 1.54) is 19.2 Å². The van der Waals surface area contributed by atoms with Crippen LogP contribution in [-0.4, -0.2) is 54.1 Å². The molecule has 1 aromatic heterocycles. The first-order valence-electron chi connectivity index (χ1n) is 10.1. The maximum absolute atomic E-state index is 13.5. The SMILES string of the molecule is CC[C@H](O)C[C@H](O)/C=C/c1c(-c2ccc(F)cc2)nc(N(C)S(C)(=O)=O)nc1C(C)C. The van der Waals surface area contributed by atoms with Crippen molar-refractivity contribution in [3.63, 3.8) is 0 Å². The Bertz CT molecular complexity index is 1020. The minimum Gasteiger partial charge on any atom is -0.393 e. The molecule has 0 amide bonds. The number of nitrogens with zero attached hydrogens (tertiary/aromatic N) is 3. The Balaban J connectivity index is 2.69. The fraction of sp³-hybridized carbons (Fsp3) is 0.455. The van der Waals surface area contributed by atoms with E-state index in [9.17, 15) is 23.0 Å². The highest BCUT2D eigenvalue weighted by Crippen LogP contribution is 2.31. The van der Waals surface area contributed by atoms with Crippen molar-refractivity contribution in [3.8, 4) is 11.3 Å². The van der Waals surface area contributed by atoms with Crippen molar-refractivity contribution in [2.24, 2.45) is 0 Å². The third-order valence-electron chi connectivity index (χ3n) is 4.88. The molecule has 0 saturated heterocycles. The molecule has 2 N–H and O–H groups in total. The van der Waals surface area contributed by atoms with Crippen molar-refractivity contribution in [2.45, 2.75) is 51.7 Å². The number of aliphatic hydroxyl groups is 2. The average molecular weight is 452 g/mol. The van der Waals surface area contributed by atoms with Crippen LogP contribution in [0, 0.1) is 5.82 Å². The molecule has 0 spiro atoms. The molecule has 0 unspecified atom stereocenters. The number of benzene rings is 1. The molecule has 0 aliphatic rings. The number of anilines is 1. The van der Waals surface area contributed by atoms with Gasteiger partial charge in [0.15, 0.2) is 0 Å². The number of halogens is 1. The molecular weight excluding hydrogens is 421 g/mol. The second-order valence-corrected chi connectivity index (χ2v) is 9.80. The maximum Gasteiger partial charge on any atom is 0.239 e. The van der Waals surface area contributed by atoms with E-state index < -0.39 is 28.0 Å². The number of sulfonamides is 1. The summed E-state index contributed by atoms with van der Waals surface area (Å²) in [5.74, 6) is -0.493. The quantitative estimate of drug-likeness (QED) is 0.606. The van der Waals surface area contributed by atoms with Gasteiger partial charge in [-0.05, 0) is 36.6 Å². The summed E-state index contributed by atoms with van der Waals surface area (Å²) < 4.78 is 38.6. The molecular formula is C22H30FN3O4S. The van der Waals surface area contributed by atoms with Gasteiger partial charge in [0.1, 0.15) is 5.82 Å². The zero-order valence-electron chi connectivity index (χ0n) is 18.4. The fourth-order valence-corrected chi connectivity index (χ4v) is 3.31. The van der Waals surface area contributed by atoms with E-state index in [4.69, 9.17) is 0 Å². The van der Waals surface area contributed by atoms with Crippen LogP contribution < -0.4 is 4.31 Å². The van der Waals surface area contributed by atoms with Crippen LogP contribution in [0.5, 0.6) is 0 Å². The maximum atomic E-state index is 13.5. The number of rotatable bonds is 9. The second kappa shape index (κ2) is 10.3. The Hall–Kier alpha value is -2.36. The standard InChI is InChI=1S/C22H30FN3O4S/c1-6-17(27)13-18(28)11-12-19-20(14(2)3)24-22(26(4)31(5,29)30)25-21(19)15-7-9-16(23)10-8-15/h7-12,14,17-18,27-28H,6,13H2,1-5H3/b12-11+/t17-,18+/m0/s1. The molecule has 2 atom stereocenters. The predicted octanol–water partition coefficient (Wildman–Crippen LogP) is 3.34. The third kappa shape index (κ3) is 6.56. The summed E-state index contributed by atoms with van der Waals surface area (Å²) in [5.41, 5.74) is 2.18. The summed E-state index contributed by atoms with van der Waals surface area (Å²) in [4.78, 5) is 8.94. The Kier molecular flexibility index (Phi) is 8.27. The van der Waals surface area contributed by atoms with Gasteiger partial charge >= 0.3 is 0 Å². The Morgan fingerprint density at radius 3 is 2.29 bits per heavy atom. The summed E-state index contributed by atoms with van der Waals surface area (Å²) in [5, 5.41) is 20.0. The van der Waals surface area contributed by atoms with Crippen LogP contribution in [0.2, 0.25) is 0 Å². The van der Waals surface area contributed by atoms with Crippen LogP contribution in [0.4, 0.5) is 10.3 Å². The third-order valence-corrected chi connectivity index (χ3v) is 6.04. The van der Waals surface area contributed by atoms with Gasteiger partial charge in [0.2, 0.25) is 16.0 Å². The fourth-order valence-electron chi connectivity index (χ4n) is 2.93. The predicted molar refractivity (Wildman–Crippen MR) is 121 cm³/mol. The van der Waals surface area contributed by atoms with E-state index in [1.54, 1.807) is 24.3 Å². The minimum atomic E-state index is -3.60. The number of aromatic nitrogens is 2. The first-order valence-corrected chi connectivity index (χ1v) is 11.9. The topological polar surface area (TPSA) is 104 Å². The Labute approximate surface area is 183 Å². The van der Waals surface area contributed by atoms with Gasteiger partial charge in [-0.15, -0.1) is 0 Å². The van der Waals surface area contributed by atoms with E-state index in [2.05, 4.69) is 9.97 Å². The number of aliphatic hydroxyl groups excluding tert-OH is 2.